The van der Waals surface area contributed by atoms with Gasteiger partial charge < -0.3 is 20.1 Å². The summed E-state index contributed by atoms with van der Waals surface area (Å²) in [5.74, 6) is 2.01. The number of piperidine rings is 1. The van der Waals surface area contributed by atoms with Gasteiger partial charge in [0, 0.05) is 12.5 Å². The number of aromatic nitrogens is 4. The van der Waals surface area contributed by atoms with Gasteiger partial charge in [0.2, 0.25) is 5.95 Å². The van der Waals surface area contributed by atoms with Crippen LogP contribution in [0.2, 0.25) is 0 Å². The van der Waals surface area contributed by atoms with E-state index in [1.54, 1.807) is 12.4 Å². The van der Waals surface area contributed by atoms with E-state index in [0.29, 0.717) is 24.8 Å². The van der Waals surface area contributed by atoms with Crippen LogP contribution in [0.15, 0.2) is 12.4 Å². The fraction of sp³-hybridized carbons (Fsp3) is 0.700. The van der Waals surface area contributed by atoms with E-state index in [1.165, 1.54) is 4.90 Å². The van der Waals surface area contributed by atoms with Crippen molar-refractivity contribution < 1.29 is 14.6 Å². The van der Waals surface area contributed by atoms with Gasteiger partial charge in [-0.25, -0.2) is 19.3 Å². The van der Waals surface area contributed by atoms with Crippen LogP contribution in [-0.4, -0.2) is 66.5 Å². The van der Waals surface area contributed by atoms with E-state index in [0.717, 1.165) is 11.3 Å². The van der Waals surface area contributed by atoms with Gasteiger partial charge in [0.05, 0.1) is 31.1 Å². The Labute approximate surface area is 171 Å². The van der Waals surface area contributed by atoms with Gasteiger partial charge in [0.1, 0.15) is 16.9 Å². The summed E-state index contributed by atoms with van der Waals surface area (Å²) in [6.45, 7) is 12.6. The molecule has 1 aliphatic heterocycles. The molecule has 1 saturated heterocycles. The highest BCUT2D eigenvalue weighted by atomic mass is 16.6. The summed E-state index contributed by atoms with van der Waals surface area (Å²) in [6, 6.07) is -0.249. The van der Waals surface area contributed by atoms with Crippen LogP contribution >= 0.6 is 0 Å². The highest BCUT2D eigenvalue weighted by Gasteiger charge is 2.33. The summed E-state index contributed by atoms with van der Waals surface area (Å²) >= 11 is 0. The number of rotatable bonds is 4. The first kappa shape index (κ1) is 21.3. The van der Waals surface area contributed by atoms with E-state index in [-0.39, 0.29) is 18.5 Å². The molecule has 0 aliphatic carbocycles. The lowest BCUT2D eigenvalue weighted by Crippen LogP contribution is -2.52. The number of fused-ring (bicyclic) bond motifs is 1. The lowest BCUT2D eigenvalue weighted by molar-refractivity contribution is 0.00112. The lowest BCUT2D eigenvalue weighted by atomic mass is 9.98. The Kier molecular flexibility index (Phi) is 5.97. The number of ether oxygens (including phenoxy) is 1. The Balaban J connectivity index is 1.68. The summed E-state index contributed by atoms with van der Waals surface area (Å²) in [5.41, 5.74) is 0.272. The van der Waals surface area contributed by atoms with Crippen molar-refractivity contribution in [2.45, 2.75) is 71.6 Å². The first-order valence-electron chi connectivity index (χ1n) is 10.2. The summed E-state index contributed by atoms with van der Waals surface area (Å²) in [6.07, 6.45) is 2.92. The van der Waals surface area contributed by atoms with Crippen LogP contribution < -0.4 is 5.32 Å². The molecule has 0 saturated carbocycles. The van der Waals surface area contributed by atoms with Crippen molar-refractivity contribution in [1.82, 2.24) is 24.5 Å². The first-order valence-corrected chi connectivity index (χ1v) is 10.2. The van der Waals surface area contributed by atoms with Crippen LogP contribution in [-0.2, 0) is 4.74 Å². The number of aliphatic hydroxyl groups excluding tert-OH is 1. The number of β-amino-alcohol motifs (C(OH)–C–C–N with tert-alkyl or cyclic N) is 1. The fourth-order valence-corrected chi connectivity index (χ4v) is 3.25. The van der Waals surface area contributed by atoms with Gasteiger partial charge in [0.15, 0.2) is 0 Å². The topological polar surface area (TPSA) is 105 Å². The van der Waals surface area contributed by atoms with Gasteiger partial charge in [-0.1, -0.05) is 20.8 Å². The first-order chi connectivity index (χ1) is 13.5. The summed E-state index contributed by atoms with van der Waals surface area (Å²) < 4.78 is 7.20. The number of carbonyl (C=O) groups excluding carboxylic acids is 1. The summed E-state index contributed by atoms with van der Waals surface area (Å²) in [4.78, 5) is 22.6. The second kappa shape index (κ2) is 8.14. The molecule has 1 aliphatic rings. The quantitative estimate of drug-likeness (QED) is 0.807. The van der Waals surface area contributed by atoms with Crippen molar-refractivity contribution >= 4 is 17.6 Å². The number of nitrogens with zero attached hydrogens (tertiary/aromatic N) is 5. The molecule has 3 atom stereocenters. The monoisotopic (exact) mass is 404 g/mol. The summed E-state index contributed by atoms with van der Waals surface area (Å²) in [5, 5.41) is 18.4. The molecular weight excluding hydrogens is 372 g/mol. The molecule has 0 radical (unpaired) electrons. The van der Waals surface area contributed by atoms with E-state index >= 15 is 0 Å². The lowest BCUT2D eigenvalue weighted by Gasteiger charge is -2.36. The SMILES string of the molecule is CC(C)C(C)c1ncc2cnc(N[C@@H]3CCN(C(=O)OC(C)(C)C)C[C@H]3O)nn12. The molecule has 3 heterocycles. The molecule has 9 heteroatoms. The third-order valence-corrected chi connectivity index (χ3v) is 5.26. The smallest absolute Gasteiger partial charge is 0.410 e. The zero-order valence-electron chi connectivity index (χ0n) is 18.1. The predicted octanol–water partition coefficient (Wildman–Crippen LogP) is 2.67. The molecule has 0 aromatic carbocycles. The number of likely N-dealkylation sites (tertiary alicyclic amines) is 1. The minimum Gasteiger partial charge on any atom is -0.444 e. The van der Waals surface area contributed by atoms with Gasteiger partial charge in [-0.3, -0.25) is 0 Å². The number of amides is 1. The minimum atomic E-state index is -0.743. The van der Waals surface area contributed by atoms with Crippen molar-refractivity contribution in [3.8, 4) is 0 Å². The molecule has 2 N–H and O–H groups in total. The molecule has 0 spiro atoms. The van der Waals surface area contributed by atoms with E-state index in [1.807, 2.05) is 25.3 Å². The van der Waals surface area contributed by atoms with E-state index in [9.17, 15) is 9.90 Å². The Hall–Kier alpha value is -2.42. The number of nitrogens with one attached hydrogen (secondary N) is 1. The number of aliphatic hydroxyl groups is 1. The van der Waals surface area contributed by atoms with Crippen LogP contribution in [0.4, 0.5) is 10.7 Å². The molecule has 0 bridgehead atoms. The molecular formula is C20H32N6O3. The molecule has 1 amide bonds. The van der Waals surface area contributed by atoms with Gasteiger partial charge in [-0.2, -0.15) is 0 Å². The van der Waals surface area contributed by atoms with Crippen molar-refractivity contribution in [2.24, 2.45) is 5.92 Å². The number of imidazole rings is 1. The van der Waals surface area contributed by atoms with Gasteiger partial charge in [-0.15, -0.1) is 5.10 Å². The van der Waals surface area contributed by atoms with Crippen LogP contribution in [0.3, 0.4) is 0 Å². The molecule has 29 heavy (non-hydrogen) atoms. The van der Waals surface area contributed by atoms with Gasteiger partial charge in [-0.05, 0) is 33.1 Å². The van der Waals surface area contributed by atoms with Gasteiger partial charge in [0.25, 0.3) is 0 Å². The zero-order valence-corrected chi connectivity index (χ0v) is 18.1. The predicted molar refractivity (Wildman–Crippen MR) is 110 cm³/mol. The maximum absolute atomic E-state index is 12.2. The van der Waals surface area contributed by atoms with Crippen LogP contribution in [0.25, 0.3) is 5.52 Å². The fourth-order valence-electron chi connectivity index (χ4n) is 3.25. The normalized spacial score (nSPS) is 21.4. The molecule has 3 rings (SSSR count). The van der Waals surface area contributed by atoms with E-state index < -0.39 is 17.8 Å². The molecule has 1 fully saturated rings. The van der Waals surface area contributed by atoms with Crippen LogP contribution in [0.5, 0.6) is 0 Å². The van der Waals surface area contributed by atoms with Crippen LogP contribution in [0, 0.1) is 5.92 Å². The highest BCUT2D eigenvalue weighted by Crippen LogP contribution is 2.23. The van der Waals surface area contributed by atoms with Crippen molar-refractivity contribution in [3.63, 3.8) is 0 Å². The standard InChI is InChI=1S/C20H32N6O3/c1-12(2)13(3)17-21-9-14-10-22-18(24-26(14)17)23-15-7-8-25(11-16(15)27)19(28)29-20(4,5)6/h9-10,12-13,15-16,27H,7-8,11H2,1-6H3,(H,23,24)/t13?,15-,16-/m1/s1. The Morgan fingerprint density at radius 1 is 1.28 bits per heavy atom. The average Bonchev–Trinajstić information content (AvgIpc) is 3.04. The second-order valence-electron chi connectivity index (χ2n) is 9.10. The maximum Gasteiger partial charge on any atom is 0.410 e. The highest BCUT2D eigenvalue weighted by molar-refractivity contribution is 5.68. The molecule has 9 nitrogen and oxygen atoms in total. The van der Waals surface area contributed by atoms with Gasteiger partial charge >= 0.3 is 6.09 Å². The third kappa shape index (κ3) is 4.95. The Bertz CT molecular complexity index is 860. The average molecular weight is 405 g/mol. The van der Waals surface area contributed by atoms with Crippen LogP contribution in [0.1, 0.15) is 59.7 Å². The Morgan fingerprint density at radius 2 is 1.97 bits per heavy atom. The van der Waals surface area contributed by atoms with Crippen molar-refractivity contribution in [3.05, 3.63) is 18.2 Å². The second-order valence-corrected chi connectivity index (χ2v) is 9.10. The molecule has 2 aromatic rings. The maximum atomic E-state index is 12.2. The number of hydrogen-bond acceptors (Lipinski definition) is 7. The third-order valence-electron chi connectivity index (χ3n) is 5.26. The number of anilines is 1. The number of hydrogen-bond donors (Lipinski definition) is 2. The van der Waals surface area contributed by atoms with Crippen molar-refractivity contribution in [1.29, 1.82) is 0 Å². The van der Waals surface area contributed by atoms with Crippen molar-refractivity contribution in [2.75, 3.05) is 18.4 Å². The minimum absolute atomic E-state index is 0.204. The molecule has 160 valence electrons. The summed E-state index contributed by atoms with van der Waals surface area (Å²) in [7, 11) is 0. The molecule has 1 unspecified atom stereocenters. The largest absolute Gasteiger partial charge is 0.444 e. The van der Waals surface area contributed by atoms with E-state index in [2.05, 4.69) is 41.2 Å². The van der Waals surface area contributed by atoms with E-state index in [4.69, 9.17) is 4.74 Å². The Morgan fingerprint density at radius 3 is 2.59 bits per heavy atom. The zero-order chi connectivity index (χ0) is 21.3. The molecule has 2 aromatic heterocycles. The number of carbonyl (C=O) groups is 1.